The van der Waals surface area contributed by atoms with Gasteiger partial charge < -0.3 is 15.0 Å². The molecule has 0 saturated heterocycles. The molecule has 1 atom stereocenters. The van der Waals surface area contributed by atoms with E-state index >= 15 is 0 Å². The van der Waals surface area contributed by atoms with Crippen molar-refractivity contribution in [3.63, 3.8) is 0 Å². The first-order valence-electron chi connectivity index (χ1n) is 8.31. The average molecular weight is 386 g/mol. The third-order valence-electron chi connectivity index (χ3n) is 3.89. The number of alkyl halides is 3. The van der Waals surface area contributed by atoms with Gasteiger partial charge in [0.2, 0.25) is 0 Å². The van der Waals surface area contributed by atoms with Crippen LogP contribution in [0.5, 0.6) is 0 Å². The number of nitrogens with zero attached hydrogens (tertiary/aromatic N) is 1. The molecule has 2 rings (SSSR count). The first-order chi connectivity index (χ1) is 12.3. The Hall–Kier alpha value is -2.58. The van der Waals surface area contributed by atoms with Gasteiger partial charge in [-0.15, -0.1) is 0 Å². The van der Waals surface area contributed by atoms with Crippen LogP contribution in [0.25, 0.3) is 0 Å². The number of alkyl carbamates (subject to hydrolysis) is 1. The topological polar surface area (TPSA) is 75.7 Å². The molecule has 1 aliphatic rings. The van der Waals surface area contributed by atoms with Gasteiger partial charge in [-0.05, 0) is 39.3 Å². The summed E-state index contributed by atoms with van der Waals surface area (Å²) in [5.74, 6) is -1.34. The van der Waals surface area contributed by atoms with Crippen molar-refractivity contribution in [3.05, 3.63) is 34.9 Å². The maximum absolute atomic E-state index is 13.3. The SMILES string of the molecule is CC(=O)C1c2cccc(C(F)(F)F)c2C(=O)N1CCNC(=O)OC(C)(C)C. The molecule has 1 aromatic carbocycles. The molecule has 9 heteroatoms. The van der Waals surface area contributed by atoms with Crippen molar-refractivity contribution in [2.75, 3.05) is 13.1 Å². The third-order valence-corrected chi connectivity index (χ3v) is 3.89. The normalized spacial score (nSPS) is 16.9. The quantitative estimate of drug-likeness (QED) is 0.861. The maximum atomic E-state index is 13.3. The molecular formula is C18H21F3N2O4. The standard InChI is InChI=1S/C18H21F3N2O4/c1-10(24)14-11-6-5-7-12(18(19,20)21)13(11)15(25)23(14)9-8-22-16(26)27-17(2,3)4/h5-7,14H,8-9H2,1-4H3,(H,22,26). The van der Waals surface area contributed by atoms with Gasteiger partial charge in [0.15, 0.2) is 5.78 Å². The van der Waals surface area contributed by atoms with Gasteiger partial charge in [-0.2, -0.15) is 13.2 Å². The summed E-state index contributed by atoms with van der Waals surface area (Å²) in [6.45, 7) is 6.04. The first-order valence-corrected chi connectivity index (χ1v) is 8.31. The molecule has 1 heterocycles. The summed E-state index contributed by atoms with van der Waals surface area (Å²) in [6, 6.07) is 2.22. The highest BCUT2D eigenvalue weighted by atomic mass is 19.4. The lowest BCUT2D eigenvalue weighted by atomic mass is 9.97. The Morgan fingerprint density at radius 2 is 1.85 bits per heavy atom. The van der Waals surface area contributed by atoms with Crippen LogP contribution in [0.1, 0.15) is 55.2 Å². The van der Waals surface area contributed by atoms with E-state index in [1.807, 2.05) is 0 Å². The highest BCUT2D eigenvalue weighted by Crippen LogP contribution is 2.41. The Morgan fingerprint density at radius 1 is 1.22 bits per heavy atom. The van der Waals surface area contributed by atoms with E-state index in [1.54, 1.807) is 20.8 Å². The lowest BCUT2D eigenvalue weighted by Gasteiger charge is -2.24. The number of Topliss-reactive ketones (excluding diaryl/α,β-unsaturated/α-hetero) is 1. The molecule has 148 valence electrons. The fraction of sp³-hybridized carbons (Fsp3) is 0.500. The van der Waals surface area contributed by atoms with Gasteiger partial charge in [-0.25, -0.2) is 4.79 Å². The van der Waals surface area contributed by atoms with Gasteiger partial charge >= 0.3 is 12.3 Å². The number of ether oxygens (including phenoxy) is 1. The van der Waals surface area contributed by atoms with Gasteiger partial charge in [-0.1, -0.05) is 12.1 Å². The number of ketones is 1. The van der Waals surface area contributed by atoms with Crippen LogP contribution in [0.2, 0.25) is 0 Å². The van der Waals surface area contributed by atoms with E-state index in [2.05, 4.69) is 5.32 Å². The monoisotopic (exact) mass is 386 g/mol. The summed E-state index contributed by atoms with van der Waals surface area (Å²) in [5, 5.41) is 2.43. The minimum absolute atomic E-state index is 0.0274. The first kappa shape index (κ1) is 20.7. The van der Waals surface area contributed by atoms with Crippen molar-refractivity contribution in [1.82, 2.24) is 10.2 Å². The largest absolute Gasteiger partial charge is 0.444 e. The fourth-order valence-electron chi connectivity index (χ4n) is 2.96. The number of carbonyl (C=O) groups is 3. The number of carbonyl (C=O) groups excluding carboxylic acids is 3. The Morgan fingerprint density at radius 3 is 2.37 bits per heavy atom. The molecule has 1 N–H and O–H groups in total. The van der Waals surface area contributed by atoms with Crippen LogP contribution in [0.3, 0.4) is 0 Å². The summed E-state index contributed by atoms with van der Waals surface area (Å²) in [7, 11) is 0. The van der Waals surface area contributed by atoms with Gasteiger partial charge in [0, 0.05) is 13.1 Å². The number of halogens is 3. The van der Waals surface area contributed by atoms with Crippen molar-refractivity contribution < 1.29 is 32.3 Å². The molecule has 0 saturated carbocycles. The molecule has 0 radical (unpaired) electrons. The van der Waals surface area contributed by atoms with Crippen LogP contribution < -0.4 is 5.32 Å². The highest BCUT2D eigenvalue weighted by molar-refractivity contribution is 6.05. The van der Waals surface area contributed by atoms with Crippen LogP contribution >= 0.6 is 0 Å². The second-order valence-corrected chi connectivity index (χ2v) is 7.21. The molecule has 0 bridgehead atoms. The zero-order valence-electron chi connectivity index (χ0n) is 15.4. The second kappa shape index (κ2) is 7.21. The third kappa shape index (κ3) is 4.58. The zero-order valence-corrected chi connectivity index (χ0v) is 15.4. The van der Waals surface area contributed by atoms with Crippen LogP contribution in [-0.2, 0) is 15.7 Å². The average Bonchev–Trinajstić information content (AvgIpc) is 2.77. The molecule has 2 amide bonds. The van der Waals surface area contributed by atoms with E-state index < -0.39 is 46.7 Å². The van der Waals surface area contributed by atoms with Crippen LogP contribution in [0.4, 0.5) is 18.0 Å². The van der Waals surface area contributed by atoms with E-state index in [0.717, 1.165) is 11.0 Å². The summed E-state index contributed by atoms with van der Waals surface area (Å²) >= 11 is 0. The van der Waals surface area contributed by atoms with Gasteiger partial charge in [0.05, 0.1) is 11.1 Å². The Balaban J connectivity index is 2.22. The molecule has 27 heavy (non-hydrogen) atoms. The van der Waals surface area contributed by atoms with Gasteiger partial charge in [0.25, 0.3) is 5.91 Å². The molecule has 6 nitrogen and oxygen atoms in total. The van der Waals surface area contributed by atoms with Gasteiger partial charge in [-0.3, -0.25) is 9.59 Å². The second-order valence-electron chi connectivity index (χ2n) is 7.21. The number of benzene rings is 1. The number of nitrogens with one attached hydrogen (secondary N) is 1. The van der Waals surface area contributed by atoms with Crippen molar-refractivity contribution in [2.45, 2.75) is 45.5 Å². The molecule has 1 aromatic rings. The molecule has 1 unspecified atom stereocenters. The lowest BCUT2D eigenvalue weighted by Crippen LogP contribution is -2.40. The maximum Gasteiger partial charge on any atom is 0.417 e. The summed E-state index contributed by atoms with van der Waals surface area (Å²) in [5.41, 5.74) is -2.27. The minimum Gasteiger partial charge on any atom is -0.444 e. The number of amides is 2. The van der Waals surface area contributed by atoms with Crippen molar-refractivity contribution in [2.24, 2.45) is 0 Å². The molecule has 0 fully saturated rings. The van der Waals surface area contributed by atoms with Crippen molar-refractivity contribution >= 4 is 17.8 Å². The van der Waals surface area contributed by atoms with Crippen LogP contribution in [0.15, 0.2) is 18.2 Å². The Kier molecular flexibility index (Phi) is 5.53. The van der Waals surface area contributed by atoms with Crippen molar-refractivity contribution in [1.29, 1.82) is 0 Å². The van der Waals surface area contributed by atoms with Gasteiger partial charge in [0.1, 0.15) is 11.6 Å². The number of rotatable bonds is 4. The summed E-state index contributed by atoms with van der Waals surface area (Å²) < 4.78 is 44.8. The van der Waals surface area contributed by atoms with E-state index in [9.17, 15) is 27.6 Å². The van der Waals surface area contributed by atoms with Crippen LogP contribution in [0, 0.1) is 0 Å². The molecule has 1 aliphatic heterocycles. The number of hydrogen-bond acceptors (Lipinski definition) is 4. The molecule has 0 aromatic heterocycles. The fourth-order valence-corrected chi connectivity index (χ4v) is 2.96. The van der Waals surface area contributed by atoms with Crippen molar-refractivity contribution in [3.8, 4) is 0 Å². The highest BCUT2D eigenvalue weighted by Gasteiger charge is 2.45. The van der Waals surface area contributed by atoms with E-state index in [-0.39, 0.29) is 18.7 Å². The number of hydrogen-bond donors (Lipinski definition) is 1. The molecule has 0 spiro atoms. The molecule has 0 aliphatic carbocycles. The Labute approximate surface area is 154 Å². The predicted molar refractivity (Wildman–Crippen MR) is 90.1 cm³/mol. The predicted octanol–water partition coefficient (Wildman–Crippen LogP) is 3.32. The number of fused-ring (bicyclic) bond motifs is 1. The summed E-state index contributed by atoms with van der Waals surface area (Å²) in [6.07, 6.45) is -5.44. The van der Waals surface area contributed by atoms with Crippen LogP contribution in [-0.4, -0.2) is 41.4 Å². The minimum atomic E-state index is -4.72. The zero-order chi connectivity index (χ0) is 20.6. The molecular weight excluding hydrogens is 365 g/mol. The summed E-state index contributed by atoms with van der Waals surface area (Å²) in [4.78, 5) is 37.4. The lowest BCUT2D eigenvalue weighted by molar-refractivity contribution is -0.138. The smallest absolute Gasteiger partial charge is 0.417 e. The van der Waals surface area contributed by atoms with E-state index in [4.69, 9.17) is 4.74 Å². The Bertz CT molecular complexity index is 769. The van der Waals surface area contributed by atoms with E-state index in [0.29, 0.717) is 0 Å². The van der Waals surface area contributed by atoms with E-state index in [1.165, 1.54) is 19.1 Å².